The number of hydrogen-bond acceptors (Lipinski definition) is 2. The smallest absolute Gasteiger partial charge is 0.0626 e. The number of ether oxygens (including phenoxy) is 2. The van der Waals surface area contributed by atoms with E-state index in [1.165, 1.54) is 0 Å². The van der Waals surface area contributed by atoms with Gasteiger partial charge in [0.2, 0.25) is 0 Å². The first kappa shape index (κ1) is 11.3. The van der Waals surface area contributed by atoms with Gasteiger partial charge in [-0.2, -0.15) is 0 Å². The minimum absolute atomic E-state index is 0.0848. The van der Waals surface area contributed by atoms with E-state index in [2.05, 4.69) is 13.8 Å². The van der Waals surface area contributed by atoms with Crippen LogP contribution in [0.1, 0.15) is 26.7 Å². The number of alkyl halides is 1. The molecule has 0 aromatic carbocycles. The van der Waals surface area contributed by atoms with Crippen LogP contribution < -0.4 is 0 Å². The molecule has 1 saturated heterocycles. The molecule has 0 bridgehead atoms. The van der Waals surface area contributed by atoms with Crippen molar-refractivity contribution >= 4 is 11.6 Å². The molecule has 13 heavy (non-hydrogen) atoms. The van der Waals surface area contributed by atoms with Crippen LogP contribution in [0.4, 0.5) is 0 Å². The molecule has 1 fully saturated rings. The van der Waals surface area contributed by atoms with Crippen LogP contribution in [-0.2, 0) is 9.47 Å². The second-order valence-electron chi connectivity index (χ2n) is 4.31. The van der Waals surface area contributed by atoms with E-state index in [0.717, 1.165) is 26.1 Å². The zero-order valence-corrected chi connectivity index (χ0v) is 9.43. The van der Waals surface area contributed by atoms with Crippen LogP contribution in [0.3, 0.4) is 0 Å². The van der Waals surface area contributed by atoms with Gasteiger partial charge in [0, 0.05) is 25.0 Å². The molecule has 0 radical (unpaired) electrons. The highest BCUT2D eigenvalue weighted by atomic mass is 35.5. The largest absolute Gasteiger partial charge is 0.381 e. The Labute approximate surface area is 85.5 Å². The number of hydrogen-bond donors (Lipinski definition) is 0. The van der Waals surface area contributed by atoms with Crippen molar-refractivity contribution in [1.82, 2.24) is 0 Å². The Bertz CT molecular complexity index is 159. The van der Waals surface area contributed by atoms with Crippen molar-refractivity contribution in [3.63, 3.8) is 0 Å². The molecule has 0 aromatic rings. The number of halogens is 1. The van der Waals surface area contributed by atoms with E-state index in [4.69, 9.17) is 21.1 Å². The lowest BCUT2D eigenvalue weighted by Gasteiger charge is -2.33. The summed E-state index contributed by atoms with van der Waals surface area (Å²) in [5.74, 6) is 0.436. The fraction of sp³-hybridized carbons (Fsp3) is 1.00. The lowest BCUT2D eigenvalue weighted by Crippen LogP contribution is -2.35. The van der Waals surface area contributed by atoms with Crippen molar-refractivity contribution in [3.05, 3.63) is 0 Å². The van der Waals surface area contributed by atoms with Gasteiger partial charge >= 0.3 is 0 Å². The fourth-order valence-electron chi connectivity index (χ4n) is 1.67. The van der Waals surface area contributed by atoms with Crippen molar-refractivity contribution in [3.8, 4) is 0 Å². The maximum atomic E-state index is 6.21. The summed E-state index contributed by atoms with van der Waals surface area (Å²) in [6, 6.07) is 0. The third kappa shape index (κ3) is 3.45. The van der Waals surface area contributed by atoms with Crippen LogP contribution in [0.25, 0.3) is 0 Å². The summed E-state index contributed by atoms with van der Waals surface area (Å²) in [5, 5.41) is 0.253. The number of rotatable bonds is 3. The van der Waals surface area contributed by atoms with E-state index in [9.17, 15) is 0 Å². The second-order valence-corrected chi connectivity index (χ2v) is 4.87. The van der Waals surface area contributed by atoms with Gasteiger partial charge in [-0.3, -0.25) is 0 Å². The van der Waals surface area contributed by atoms with Crippen LogP contribution >= 0.6 is 11.6 Å². The van der Waals surface area contributed by atoms with E-state index in [0.29, 0.717) is 5.92 Å². The van der Waals surface area contributed by atoms with Crippen LogP contribution in [0.15, 0.2) is 0 Å². The molecular formula is C10H19ClO2. The molecule has 1 rings (SSSR count). The summed E-state index contributed by atoms with van der Waals surface area (Å²) < 4.78 is 10.8. The Morgan fingerprint density at radius 2 is 2.23 bits per heavy atom. The molecule has 0 saturated carbocycles. The normalized spacial score (nSPS) is 30.5. The molecule has 2 atom stereocenters. The highest BCUT2D eigenvalue weighted by Crippen LogP contribution is 2.29. The lowest BCUT2D eigenvalue weighted by molar-refractivity contribution is -0.0264. The molecule has 78 valence electrons. The molecule has 0 N–H and O–H groups in total. The molecule has 0 amide bonds. The van der Waals surface area contributed by atoms with E-state index in [-0.39, 0.29) is 11.0 Å². The van der Waals surface area contributed by atoms with Crippen LogP contribution in [0.2, 0.25) is 0 Å². The molecule has 3 heteroatoms. The molecular weight excluding hydrogens is 188 g/mol. The lowest BCUT2D eigenvalue weighted by atomic mass is 9.89. The van der Waals surface area contributed by atoms with Crippen molar-refractivity contribution in [1.29, 1.82) is 0 Å². The quantitative estimate of drug-likeness (QED) is 0.661. The third-order valence-electron chi connectivity index (χ3n) is 2.69. The second kappa shape index (κ2) is 4.63. The Kier molecular flexibility index (Phi) is 4.02. The monoisotopic (exact) mass is 206 g/mol. The van der Waals surface area contributed by atoms with Gasteiger partial charge in [0.05, 0.1) is 12.2 Å². The summed E-state index contributed by atoms with van der Waals surface area (Å²) in [7, 11) is 1.74. The first-order valence-electron chi connectivity index (χ1n) is 4.82. The van der Waals surface area contributed by atoms with Crippen molar-refractivity contribution in [2.45, 2.75) is 37.7 Å². The highest BCUT2D eigenvalue weighted by molar-refractivity contribution is 6.20. The first-order valence-corrected chi connectivity index (χ1v) is 5.26. The van der Waals surface area contributed by atoms with Gasteiger partial charge in [-0.1, -0.05) is 0 Å². The summed E-state index contributed by atoms with van der Waals surface area (Å²) in [6.45, 7) is 5.76. The predicted octanol–water partition coefficient (Wildman–Crippen LogP) is 2.45. The molecule has 0 spiro atoms. The Morgan fingerprint density at radius 1 is 1.54 bits per heavy atom. The van der Waals surface area contributed by atoms with Gasteiger partial charge in [0.15, 0.2) is 0 Å². The molecule has 2 nitrogen and oxygen atoms in total. The topological polar surface area (TPSA) is 18.5 Å². The maximum absolute atomic E-state index is 6.21. The maximum Gasteiger partial charge on any atom is 0.0626 e. The third-order valence-corrected chi connectivity index (χ3v) is 3.26. The zero-order valence-electron chi connectivity index (χ0n) is 8.68. The molecule has 1 heterocycles. The van der Waals surface area contributed by atoms with Crippen molar-refractivity contribution < 1.29 is 9.47 Å². The highest BCUT2D eigenvalue weighted by Gasteiger charge is 2.30. The van der Waals surface area contributed by atoms with Crippen molar-refractivity contribution in [2.75, 3.05) is 20.3 Å². The van der Waals surface area contributed by atoms with Crippen molar-refractivity contribution in [2.24, 2.45) is 5.92 Å². The average molecular weight is 207 g/mol. The first-order chi connectivity index (χ1) is 6.05. The van der Waals surface area contributed by atoms with Gasteiger partial charge in [0.25, 0.3) is 0 Å². The van der Waals surface area contributed by atoms with E-state index < -0.39 is 0 Å². The number of methoxy groups -OCH3 is 1. The van der Waals surface area contributed by atoms with Crippen LogP contribution in [0, 0.1) is 5.92 Å². The van der Waals surface area contributed by atoms with E-state index in [1.807, 2.05) is 0 Å². The molecule has 1 aliphatic rings. The minimum Gasteiger partial charge on any atom is -0.381 e. The predicted molar refractivity (Wildman–Crippen MR) is 54.3 cm³/mol. The average Bonchev–Trinajstić information content (AvgIpc) is 2.09. The Hall–Kier alpha value is 0.210. The summed E-state index contributed by atoms with van der Waals surface area (Å²) in [4.78, 5) is 0. The Balaban J connectivity index is 2.42. The summed E-state index contributed by atoms with van der Waals surface area (Å²) in [6.07, 6.45) is 1.93. The molecule has 0 aliphatic carbocycles. The van der Waals surface area contributed by atoms with Gasteiger partial charge in [-0.05, 0) is 26.7 Å². The molecule has 0 aromatic heterocycles. The Morgan fingerprint density at radius 3 is 2.77 bits per heavy atom. The van der Waals surface area contributed by atoms with Gasteiger partial charge in [-0.25, -0.2) is 0 Å². The van der Waals surface area contributed by atoms with E-state index in [1.54, 1.807) is 7.11 Å². The standard InChI is InChI=1S/C10H19ClO2/c1-10(2,12-3)6-8-7-13-5-4-9(8)11/h8-9H,4-7H2,1-3H3. The van der Waals surface area contributed by atoms with E-state index >= 15 is 0 Å². The van der Waals surface area contributed by atoms with Gasteiger partial charge < -0.3 is 9.47 Å². The minimum atomic E-state index is -0.0848. The van der Waals surface area contributed by atoms with Crippen LogP contribution in [0.5, 0.6) is 0 Å². The fourth-order valence-corrected chi connectivity index (χ4v) is 1.92. The SMILES string of the molecule is COC(C)(C)CC1COCCC1Cl. The van der Waals surface area contributed by atoms with Gasteiger partial charge in [-0.15, -0.1) is 11.6 Å². The molecule has 2 unspecified atom stereocenters. The van der Waals surface area contributed by atoms with Gasteiger partial charge in [0.1, 0.15) is 0 Å². The summed E-state index contributed by atoms with van der Waals surface area (Å²) >= 11 is 6.21. The van der Waals surface area contributed by atoms with Crippen LogP contribution in [-0.4, -0.2) is 31.3 Å². The molecule has 1 aliphatic heterocycles. The summed E-state index contributed by atoms with van der Waals surface area (Å²) in [5.41, 5.74) is -0.0848. The zero-order chi connectivity index (χ0) is 9.90.